The Morgan fingerprint density at radius 2 is 2.04 bits per heavy atom. The predicted molar refractivity (Wildman–Crippen MR) is 95.0 cm³/mol. The molecule has 0 aliphatic carbocycles. The van der Waals surface area contributed by atoms with Crippen molar-refractivity contribution in [2.45, 2.75) is 13.5 Å². The van der Waals surface area contributed by atoms with Crippen LogP contribution in [0.5, 0.6) is 0 Å². The third kappa shape index (κ3) is 3.06. The van der Waals surface area contributed by atoms with Crippen molar-refractivity contribution in [3.8, 4) is 11.5 Å². The van der Waals surface area contributed by atoms with E-state index in [1.807, 2.05) is 30.5 Å². The van der Waals surface area contributed by atoms with Crippen molar-refractivity contribution in [3.05, 3.63) is 66.4 Å². The molecule has 4 rings (SSSR count). The summed E-state index contributed by atoms with van der Waals surface area (Å²) in [4.78, 5) is 12.4. The van der Waals surface area contributed by atoms with Gasteiger partial charge in [-0.1, -0.05) is 24.3 Å². The molecule has 7 heteroatoms. The average molecular weight is 350 g/mol. The number of carbonyl (C=O) groups excluding carboxylic acids is 1. The third-order valence-electron chi connectivity index (χ3n) is 3.97. The highest BCUT2D eigenvalue weighted by Gasteiger charge is 2.16. The van der Waals surface area contributed by atoms with Crippen LogP contribution in [0.15, 0.2) is 59.1 Å². The summed E-state index contributed by atoms with van der Waals surface area (Å²) in [7, 11) is 0. The van der Waals surface area contributed by atoms with Crippen molar-refractivity contribution in [1.29, 1.82) is 0 Å². The van der Waals surface area contributed by atoms with Crippen molar-refractivity contribution >= 4 is 22.5 Å². The summed E-state index contributed by atoms with van der Waals surface area (Å²) < 4.78 is 20.6. The molecule has 1 N–H and O–H groups in total. The first kappa shape index (κ1) is 16.0. The molecule has 0 spiro atoms. The first-order chi connectivity index (χ1) is 12.6. The maximum absolute atomic E-state index is 13.3. The zero-order valence-corrected chi connectivity index (χ0v) is 13.9. The summed E-state index contributed by atoms with van der Waals surface area (Å²) in [6, 6.07) is 13.4. The van der Waals surface area contributed by atoms with Crippen LogP contribution in [0.1, 0.15) is 5.89 Å². The van der Waals surface area contributed by atoms with Crippen molar-refractivity contribution in [1.82, 2.24) is 14.8 Å². The highest BCUT2D eigenvalue weighted by Crippen LogP contribution is 2.29. The Kier molecular flexibility index (Phi) is 3.96. The van der Waals surface area contributed by atoms with E-state index < -0.39 is 5.82 Å². The number of aryl methyl sites for hydroxylation is 1. The van der Waals surface area contributed by atoms with Gasteiger partial charge in [0, 0.05) is 29.7 Å². The highest BCUT2D eigenvalue weighted by molar-refractivity contribution is 5.96. The molecule has 0 radical (unpaired) electrons. The Morgan fingerprint density at radius 3 is 2.81 bits per heavy atom. The molecule has 0 saturated heterocycles. The van der Waals surface area contributed by atoms with E-state index in [4.69, 9.17) is 4.42 Å². The van der Waals surface area contributed by atoms with Crippen LogP contribution in [0.4, 0.5) is 10.1 Å². The van der Waals surface area contributed by atoms with Gasteiger partial charge in [0.2, 0.25) is 17.7 Å². The van der Waals surface area contributed by atoms with Crippen LogP contribution in [0.25, 0.3) is 22.4 Å². The van der Waals surface area contributed by atoms with Crippen LogP contribution < -0.4 is 5.32 Å². The molecule has 26 heavy (non-hydrogen) atoms. The summed E-state index contributed by atoms with van der Waals surface area (Å²) in [6.07, 6.45) is 1.81. The van der Waals surface area contributed by atoms with E-state index in [9.17, 15) is 9.18 Å². The SMILES string of the molecule is Cc1nnc(-c2cn(CC(=O)Nc3cccc(F)c3)c3ccccc23)o1. The summed E-state index contributed by atoms with van der Waals surface area (Å²) in [5, 5.41) is 11.5. The van der Waals surface area contributed by atoms with E-state index in [0.717, 1.165) is 16.5 Å². The lowest BCUT2D eigenvalue weighted by molar-refractivity contribution is -0.116. The number of rotatable bonds is 4. The number of fused-ring (bicyclic) bond motifs is 1. The number of halogens is 1. The van der Waals surface area contributed by atoms with Gasteiger partial charge in [0.1, 0.15) is 12.4 Å². The van der Waals surface area contributed by atoms with Crippen molar-refractivity contribution in [2.75, 3.05) is 5.32 Å². The van der Waals surface area contributed by atoms with Gasteiger partial charge in [-0.2, -0.15) is 0 Å². The van der Waals surface area contributed by atoms with Crippen LogP contribution in [0, 0.1) is 12.7 Å². The van der Waals surface area contributed by atoms with E-state index in [1.165, 1.54) is 12.1 Å². The number of hydrogen-bond donors (Lipinski definition) is 1. The topological polar surface area (TPSA) is 73.0 Å². The summed E-state index contributed by atoms with van der Waals surface area (Å²) in [5.74, 6) is 0.219. The maximum atomic E-state index is 13.3. The number of amides is 1. The minimum atomic E-state index is -0.400. The summed E-state index contributed by atoms with van der Waals surface area (Å²) in [5.41, 5.74) is 2.05. The van der Waals surface area contributed by atoms with E-state index in [-0.39, 0.29) is 12.5 Å². The van der Waals surface area contributed by atoms with Gasteiger partial charge in [-0.15, -0.1) is 10.2 Å². The molecule has 0 saturated carbocycles. The standard InChI is InChI=1S/C19H15FN4O2/c1-12-22-23-19(26-12)16-10-24(17-8-3-2-7-15(16)17)11-18(25)21-14-6-4-5-13(20)9-14/h2-10H,11H2,1H3,(H,21,25). The van der Waals surface area contributed by atoms with Crippen LogP contribution in [-0.4, -0.2) is 20.7 Å². The maximum Gasteiger partial charge on any atom is 0.249 e. The van der Waals surface area contributed by atoms with Crippen LogP contribution in [0.3, 0.4) is 0 Å². The Bertz CT molecular complexity index is 1100. The lowest BCUT2D eigenvalue weighted by Crippen LogP contribution is -2.18. The number of anilines is 1. The fourth-order valence-corrected chi connectivity index (χ4v) is 2.87. The molecule has 4 aromatic rings. The van der Waals surface area contributed by atoms with Gasteiger partial charge in [-0.3, -0.25) is 4.79 Å². The minimum Gasteiger partial charge on any atom is -0.421 e. The molecule has 0 unspecified atom stereocenters. The molecule has 6 nitrogen and oxygen atoms in total. The zero-order chi connectivity index (χ0) is 18.1. The van der Waals surface area contributed by atoms with Crippen LogP contribution in [0.2, 0.25) is 0 Å². The molecule has 0 bridgehead atoms. The second-order valence-corrected chi connectivity index (χ2v) is 5.87. The van der Waals surface area contributed by atoms with Gasteiger partial charge in [0.05, 0.1) is 5.56 Å². The van der Waals surface area contributed by atoms with Gasteiger partial charge >= 0.3 is 0 Å². The number of nitrogens with one attached hydrogen (secondary N) is 1. The molecular formula is C19H15FN4O2. The largest absolute Gasteiger partial charge is 0.421 e. The third-order valence-corrected chi connectivity index (χ3v) is 3.97. The molecule has 0 aliphatic heterocycles. The Labute approximate surface area is 148 Å². The second kappa shape index (κ2) is 6.44. The number of benzene rings is 2. The van der Waals surface area contributed by atoms with Gasteiger partial charge in [-0.05, 0) is 24.3 Å². The molecule has 0 fully saturated rings. The fourth-order valence-electron chi connectivity index (χ4n) is 2.87. The molecule has 0 atom stereocenters. The smallest absolute Gasteiger partial charge is 0.249 e. The Morgan fingerprint density at radius 1 is 1.19 bits per heavy atom. The second-order valence-electron chi connectivity index (χ2n) is 5.87. The van der Waals surface area contributed by atoms with Gasteiger partial charge in [0.25, 0.3) is 0 Å². The van der Waals surface area contributed by atoms with Gasteiger partial charge < -0.3 is 14.3 Å². The number of carbonyl (C=O) groups is 1. The van der Waals surface area contributed by atoms with Crippen molar-refractivity contribution < 1.29 is 13.6 Å². The normalized spacial score (nSPS) is 11.0. The van der Waals surface area contributed by atoms with Crippen LogP contribution in [-0.2, 0) is 11.3 Å². The molecule has 2 aromatic heterocycles. The first-order valence-electron chi connectivity index (χ1n) is 8.04. The van der Waals surface area contributed by atoms with Crippen molar-refractivity contribution in [2.24, 2.45) is 0 Å². The van der Waals surface area contributed by atoms with E-state index in [1.54, 1.807) is 23.6 Å². The number of para-hydroxylation sites is 1. The molecule has 1 amide bonds. The molecule has 2 aromatic carbocycles. The first-order valence-corrected chi connectivity index (χ1v) is 8.04. The van der Waals surface area contributed by atoms with E-state index in [0.29, 0.717) is 17.5 Å². The predicted octanol–water partition coefficient (Wildman–Crippen LogP) is 3.78. The monoisotopic (exact) mass is 350 g/mol. The lowest BCUT2D eigenvalue weighted by atomic mass is 10.2. The molecule has 130 valence electrons. The minimum absolute atomic E-state index is 0.0736. The number of hydrogen-bond acceptors (Lipinski definition) is 4. The fraction of sp³-hybridized carbons (Fsp3) is 0.105. The number of nitrogens with zero attached hydrogens (tertiary/aromatic N) is 3. The zero-order valence-electron chi connectivity index (χ0n) is 13.9. The van der Waals surface area contributed by atoms with Gasteiger partial charge in [0.15, 0.2) is 0 Å². The summed E-state index contributed by atoms with van der Waals surface area (Å²) >= 11 is 0. The van der Waals surface area contributed by atoms with E-state index in [2.05, 4.69) is 15.5 Å². The van der Waals surface area contributed by atoms with Gasteiger partial charge in [-0.25, -0.2) is 4.39 Å². The quantitative estimate of drug-likeness (QED) is 0.608. The summed E-state index contributed by atoms with van der Waals surface area (Å²) in [6.45, 7) is 1.80. The Balaban J connectivity index is 1.65. The Hall–Kier alpha value is -3.48. The molecule has 2 heterocycles. The highest BCUT2D eigenvalue weighted by atomic mass is 19.1. The van der Waals surface area contributed by atoms with Crippen LogP contribution >= 0.6 is 0 Å². The van der Waals surface area contributed by atoms with Crippen molar-refractivity contribution in [3.63, 3.8) is 0 Å². The van der Waals surface area contributed by atoms with E-state index >= 15 is 0 Å². The average Bonchev–Trinajstić information content (AvgIpc) is 3.19. The molecular weight excluding hydrogens is 335 g/mol. The number of aromatic nitrogens is 3. The molecule has 0 aliphatic rings. The lowest BCUT2D eigenvalue weighted by Gasteiger charge is -2.07.